The van der Waals surface area contributed by atoms with Crippen LogP contribution in [0.4, 0.5) is 0 Å². The van der Waals surface area contributed by atoms with Crippen LogP contribution in [0.15, 0.2) is 132 Å². The maximum Gasteiger partial charge on any atom is 0.0719 e. The van der Waals surface area contributed by atoms with E-state index in [1.807, 2.05) is 0 Å². The molecule has 442 valence electrons. The molecule has 0 saturated carbocycles. The predicted octanol–water partition coefficient (Wildman–Crippen LogP) is 22.5. The molecule has 2 aliphatic carbocycles. The van der Waals surface area contributed by atoms with Gasteiger partial charge in [0.25, 0.3) is 0 Å². The van der Waals surface area contributed by atoms with Crippen LogP contribution < -0.4 is 0 Å². The van der Waals surface area contributed by atoms with E-state index in [4.69, 9.17) is 4.89 Å². The van der Waals surface area contributed by atoms with Crippen molar-refractivity contribution in [3.05, 3.63) is 233 Å². The van der Waals surface area contributed by atoms with Crippen LogP contribution in [0.25, 0.3) is 22.3 Å². The molecule has 0 spiro atoms. The molecule has 0 aliphatic heterocycles. The molecule has 83 heavy (non-hydrogen) atoms. The molecule has 2 heteroatoms. The lowest BCUT2D eigenvalue weighted by Gasteiger charge is -2.45. The topological polar surface area (TPSA) is 20.2 Å². The number of allylic oxidation sites excluding steroid dienone is 8. The van der Waals surface area contributed by atoms with Gasteiger partial charge in [0.15, 0.2) is 0 Å². The van der Waals surface area contributed by atoms with Gasteiger partial charge in [-0.3, -0.25) is 0 Å². The number of hydrogen-bond donors (Lipinski definition) is 1. The quantitative estimate of drug-likeness (QED) is 0.165. The standard InChI is InChI=1S/C81H104.H3OP/c1-49-41-56(65(77(17,18)19)45-61(49)73(5,6)7)60-40-39-55-69(57-42-50(2)62(74(8,9)10)46-66(57)78(20,21)22)70(58-43-51(3)63(75(11,12)13)47-67(58)79(23,24)25)71(59-44-52(4)64(76(14,15)16)48-68(59)80(26,27)28)72(55)81(60,53-35-31-29-32-36-53)54-37-33-30-34-38-54;1-2/h29-48H,1-28H3;1H,2H2. The Hall–Kier alpha value is -5.33. The van der Waals surface area contributed by atoms with Crippen LogP contribution in [0, 0.1) is 27.7 Å². The Morgan fingerprint density at radius 2 is 0.542 bits per heavy atom. The van der Waals surface area contributed by atoms with Gasteiger partial charge in [-0.2, -0.15) is 0 Å². The van der Waals surface area contributed by atoms with Gasteiger partial charge in [0.2, 0.25) is 0 Å². The molecule has 0 amide bonds. The third-order valence-electron chi connectivity index (χ3n) is 17.9. The Kier molecular flexibility index (Phi) is 17.4. The first kappa shape index (κ1) is 65.2. The highest BCUT2D eigenvalue weighted by molar-refractivity contribution is 7.08. The predicted molar refractivity (Wildman–Crippen MR) is 370 cm³/mol. The van der Waals surface area contributed by atoms with E-state index in [1.54, 1.807) is 0 Å². The second-order valence-electron chi connectivity index (χ2n) is 33.0. The molecule has 1 unspecified atom stereocenters. The smallest absolute Gasteiger partial charge is 0.0719 e. The molecule has 2 aliphatic rings. The van der Waals surface area contributed by atoms with E-state index in [1.165, 1.54) is 143 Å². The summed E-state index contributed by atoms with van der Waals surface area (Å²) in [7, 11) is 1.42. The Labute approximate surface area is 509 Å². The zero-order chi connectivity index (χ0) is 62.5. The summed E-state index contributed by atoms with van der Waals surface area (Å²) in [5.41, 5.74) is 30.4. The third kappa shape index (κ3) is 12.1. The minimum absolute atomic E-state index is 0.0429. The Bertz CT molecular complexity index is 3540. The average molecular weight is 1130 g/mol. The molecular weight excluding hydrogens is 1020 g/mol. The van der Waals surface area contributed by atoms with Gasteiger partial charge in [0, 0.05) is 0 Å². The molecule has 0 heterocycles. The lowest BCUT2D eigenvalue weighted by Crippen LogP contribution is -2.36. The van der Waals surface area contributed by atoms with Gasteiger partial charge >= 0.3 is 0 Å². The molecule has 1 atom stereocenters. The van der Waals surface area contributed by atoms with E-state index in [-0.39, 0.29) is 43.3 Å². The fourth-order valence-corrected chi connectivity index (χ4v) is 14.3. The van der Waals surface area contributed by atoms with Crippen LogP contribution >= 0.6 is 9.47 Å². The van der Waals surface area contributed by atoms with Crippen molar-refractivity contribution in [3.8, 4) is 0 Å². The van der Waals surface area contributed by atoms with Gasteiger partial charge in [-0.05, 0) is 214 Å². The lowest BCUT2D eigenvalue weighted by molar-refractivity contribution is 0.563. The van der Waals surface area contributed by atoms with Crippen molar-refractivity contribution >= 4 is 31.8 Å². The summed E-state index contributed by atoms with van der Waals surface area (Å²) < 4.78 is 0. The Morgan fingerprint density at radius 1 is 0.289 bits per heavy atom. The first-order chi connectivity index (χ1) is 37.9. The molecule has 0 bridgehead atoms. The summed E-state index contributed by atoms with van der Waals surface area (Å²) in [6.45, 7) is 67.4. The monoisotopic (exact) mass is 1130 g/mol. The lowest BCUT2D eigenvalue weighted by atomic mass is 9.56. The summed E-state index contributed by atoms with van der Waals surface area (Å²) in [6.07, 6.45) is 5.18. The van der Waals surface area contributed by atoms with Gasteiger partial charge in [0.1, 0.15) is 0 Å². The van der Waals surface area contributed by atoms with Gasteiger partial charge in [-0.15, -0.1) is 0 Å². The maximum absolute atomic E-state index is 6.92. The maximum atomic E-state index is 6.92. The van der Waals surface area contributed by atoms with Crippen LogP contribution in [0.1, 0.15) is 266 Å². The molecule has 0 aromatic heterocycles. The van der Waals surface area contributed by atoms with E-state index in [2.05, 4.69) is 315 Å². The molecule has 1 N–H and O–H groups in total. The molecular formula is C81H107OP. The molecule has 6 aromatic carbocycles. The number of benzene rings is 6. The average Bonchev–Trinajstić information content (AvgIpc) is 1.62. The third-order valence-corrected chi connectivity index (χ3v) is 17.9. The fraction of sp³-hybridized carbons (Fsp3) is 0.457. The van der Waals surface area contributed by atoms with Gasteiger partial charge in [-0.25, -0.2) is 0 Å². The second-order valence-corrected chi connectivity index (χ2v) is 33.0. The summed E-state index contributed by atoms with van der Waals surface area (Å²) >= 11 is 0. The van der Waals surface area contributed by atoms with Crippen LogP contribution in [0.5, 0.6) is 0 Å². The molecule has 0 radical (unpaired) electrons. The highest BCUT2D eigenvalue weighted by Crippen LogP contribution is 2.66. The van der Waals surface area contributed by atoms with E-state index < -0.39 is 5.41 Å². The Balaban J connectivity index is 0.00000490. The number of hydrogen-bond acceptors (Lipinski definition) is 1. The van der Waals surface area contributed by atoms with Crippen LogP contribution in [-0.2, 0) is 48.7 Å². The number of aryl methyl sites for hydroxylation is 4. The van der Waals surface area contributed by atoms with Crippen molar-refractivity contribution in [2.24, 2.45) is 0 Å². The minimum Gasteiger partial charge on any atom is -0.380 e. The largest absolute Gasteiger partial charge is 0.380 e. The van der Waals surface area contributed by atoms with Crippen molar-refractivity contribution in [2.45, 2.75) is 243 Å². The zero-order valence-electron chi connectivity index (χ0n) is 57.1. The summed E-state index contributed by atoms with van der Waals surface area (Å²) in [4.78, 5) is 6.92. The van der Waals surface area contributed by atoms with Crippen molar-refractivity contribution in [3.63, 3.8) is 0 Å². The number of fused-ring (bicyclic) bond motifs is 1. The van der Waals surface area contributed by atoms with Gasteiger partial charge in [-0.1, -0.05) is 288 Å². The molecule has 1 nitrogen and oxygen atoms in total. The Morgan fingerprint density at radius 3 is 0.831 bits per heavy atom. The minimum atomic E-state index is -0.818. The zero-order valence-corrected chi connectivity index (χ0v) is 58.2. The summed E-state index contributed by atoms with van der Waals surface area (Å²) in [6, 6.07) is 44.3. The molecule has 0 saturated heterocycles. The second kappa shape index (κ2) is 22.2. The first-order valence-electron chi connectivity index (χ1n) is 30.9. The fourth-order valence-electron chi connectivity index (χ4n) is 14.3. The van der Waals surface area contributed by atoms with Crippen molar-refractivity contribution in [1.82, 2.24) is 0 Å². The molecule has 8 rings (SSSR count). The summed E-state index contributed by atoms with van der Waals surface area (Å²) in [5.74, 6) is 0. The van der Waals surface area contributed by atoms with E-state index in [0.717, 1.165) is 0 Å². The van der Waals surface area contributed by atoms with Crippen LogP contribution in [0.2, 0.25) is 0 Å². The first-order valence-corrected chi connectivity index (χ1v) is 31.4. The van der Waals surface area contributed by atoms with Crippen LogP contribution in [0.3, 0.4) is 0 Å². The molecule has 6 aromatic rings. The van der Waals surface area contributed by atoms with Crippen molar-refractivity contribution < 1.29 is 4.89 Å². The SMILES string of the molecule is Cc1cc(C2=CC=C3C(c4cc(C)c(C(C)(C)C)cc4C(C)(C)C)=C(c4cc(C)c(C(C)(C)C)cc4C(C)(C)C)C(c4cc(C)c(C(C)(C)C)cc4C(C)(C)C)=C3C2(c2ccccc2)c2ccccc2)c(C(C)(C)C)cc1C(C)(C)C.OP. The van der Waals surface area contributed by atoms with Crippen LogP contribution in [-0.4, -0.2) is 4.89 Å². The normalized spacial score (nSPS) is 15.5. The van der Waals surface area contributed by atoms with Gasteiger partial charge < -0.3 is 4.89 Å². The number of rotatable bonds is 6. The van der Waals surface area contributed by atoms with Crippen molar-refractivity contribution in [2.75, 3.05) is 0 Å². The highest BCUT2D eigenvalue weighted by atomic mass is 31.0. The van der Waals surface area contributed by atoms with E-state index in [9.17, 15) is 0 Å². The van der Waals surface area contributed by atoms with Crippen molar-refractivity contribution in [1.29, 1.82) is 0 Å². The summed E-state index contributed by atoms with van der Waals surface area (Å²) in [5, 5.41) is 0. The van der Waals surface area contributed by atoms with E-state index in [0.29, 0.717) is 0 Å². The molecule has 0 fully saturated rings. The van der Waals surface area contributed by atoms with Gasteiger partial charge in [0.05, 0.1) is 5.41 Å². The van der Waals surface area contributed by atoms with E-state index >= 15 is 0 Å². The highest BCUT2D eigenvalue weighted by Gasteiger charge is 2.53.